The number of fused-ring (bicyclic) bond motifs is 6. The van der Waals surface area contributed by atoms with Gasteiger partial charge >= 0.3 is 0 Å². The van der Waals surface area contributed by atoms with Gasteiger partial charge < -0.3 is 104 Å². The standard InChI is InChI=1S/C35H49N15.C33H45N15.C33H43N13O2/c1-45-17-21-47(22-18-45)13-7-11-38-34-30(28-9-3-5-15-49(28)43-34)40-32-26(36)25-27(37)33(42-32)41-31-29-10-4-6-16-50(29)44-35(31)39-12-8-14-48-23-19-46(2)20-24-48;1-43-15-19-45(20-16-43)13-9-36-32-28(26-7-3-5-11-47(26)41-32)38-30-24(34)23-25(35)31(40-30)39-29-27-8-4-6-12-48(27)42-33(29)37-10-14-46-21-17-44(2)18-22-46;34-24-23-25(35)31(39-29-27-8-2-4-14-46(27)42-33(29)37-10-6-12-44-17-21-48-22-18-44)40-30(24)38-28-26-7-1-3-13-45(26)41-32(28)36-9-5-11-43-15-19-47-20-16-43/h3-6,9-10,15-16,25,36H,7-8,11-14,17-24,37H2,1-2H3,(H,38,43)(H,39,44)(H,40,41,42);3-8,11-12,23,34H,9-10,13-22,35H2,1-2H3,(H,36,41)(H,37,42)(H,38,39,40);1-4,7-8,13-14,23,34H,5-6,9-12,15-22,35H2,(H,36,41)(H,37,42)(H,38,39,40). The summed E-state index contributed by atoms with van der Waals surface area (Å²) in [6.45, 7) is 34.7. The number of amidine groups is 6. The van der Waals surface area contributed by atoms with Crippen LogP contribution in [0.1, 0.15) is 25.7 Å². The number of aliphatic imine (C=N–C) groups is 6. The summed E-state index contributed by atoms with van der Waals surface area (Å²) >= 11 is 0. The van der Waals surface area contributed by atoms with Gasteiger partial charge in [-0.05, 0) is 171 Å². The highest BCUT2D eigenvalue weighted by molar-refractivity contribution is 6.54. The molecular formula is C101H137N43O2. The lowest BCUT2D eigenvalue weighted by Gasteiger charge is -2.32. The molecule has 12 aromatic rings. The minimum Gasteiger partial charge on any atom is -0.396 e. The average Bonchev–Trinajstić information content (AvgIpc) is 1.63. The van der Waals surface area contributed by atoms with E-state index in [-0.39, 0.29) is 17.1 Å². The van der Waals surface area contributed by atoms with Gasteiger partial charge in [-0.1, -0.05) is 36.4 Å². The molecule has 21 heterocycles. The lowest BCUT2D eigenvalue weighted by atomic mass is 10.2. The summed E-state index contributed by atoms with van der Waals surface area (Å²) in [4.78, 5) is 53.5. The van der Waals surface area contributed by atoms with Crippen LogP contribution in [0.3, 0.4) is 0 Å². The number of nitrogens with zero attached hydrogens (tertiary/aromatic N) is 28. The van der Waals surface area contributed by atoms with Crippen LogP contribution in [0.25, 0.3) is 33.1 Å². The van der Waals surface area contributed by atoms with Gasteiger partial charge in [0.2, 0.25) is 0 Å². The molecule has 45 heteroatoms. The molecule has 45 nitrogen and oxygen atoms in total. The van der Waals surface area contributed by atoms with Crippen molar-refractivity contribution < 1.29 is 9.47 Å². The van der Waals surface area contributed by atoms with Crippen molar-refractivity contribution in [2.24, 2.45) is 47.2 Å². The van der Waals surface area contributed by atoms with Crippen molar-refractivity contribution in [3.63, 3.8) is 0 Å². The molecule has 9 aliphatic heterocycles. The number of likely N-dealkylation sites (N-methyl/N-ethyl adjacent to an activating group) is 4. The number of rotatable bonds is 34. The van der Waals surface area contributed by atoms with Crippen LogP contribution in [0, 0.1) is 16.2 Å². The normalized spacial score (nSPS) is 19.2. The van der Waals surface area contributed by atoms with Crippen molar-refractivity contribution in [3.05, 3.63) is 182 Å². The van der Waals surface area contributed by atoms with Crippen LogP contribution < -0.4 is 65.1 Å². The summed E-state index contributed by atoms with van der Waals surface area (Å²) in [5, 5.41) is 86.3. The van der Waals surface area contributed by atoms with Crippen molar-refractivity contribution in [1.29, 1.82) is 16.2 Å². The molecule has 9 aliphatic rings. The van der Waals surface area contributed by atoms with Crippen LogP contribution in [-0.4, -0.2) is 423 Å². The van der Waals surface area contributed by atoms with E-state index in [1.807, 2.05) is 169 Å². The Balaban J connectivity index is 0.000000138. The third kappa shape index (κ3) is 25.2. The van der Waals surface area contributed by atoms with E-state index in [9.17, 15) is 0 Å². The monoisotopic (exact) mass is 1980 g/mol. The minimum absolute atomic E-state index is 0.154. The maximum atomic E-state index is 8.78. The fourth-order valence-corrected chi connectivity index (χ4v) is 18.8. The lowest BCUT2D eigenvalue weighted by Crippen LogP contribution is -2.45. The zero-order chi connectivity index (χ0) is 100. The van der Waals surface area contributed by atoms with E-state index in [1.165, 1.54) is 0 Å². The van der Waals surface area contributed by atoms with Gasteiger partial charge in [-0.2, -0.15) is 0 Å². The number of morpholine rings is 2. The number of hydrogen-bond donors (Lipinski definition) is 15. The molecule has 0 bridgehead atoms. The van der Waals surface area contributed by atoms with E-state index in [0.717, 1.165) is 312 Å². The van der Waals surface area contributed by atoms with Crippen LogP contribution in [-0.2, 0) is 9.47 Å². The van der Waals surface area contributed by atoms with Crippen LogP contribution in [0.4, 0.5) is 69.0 Å². The minimum atomic E-state index is 0.154. The van der Waals surface area contributed by atoms with Crippen molar-refractivity contribution in [2.75, 3.05) is 312 Å². The molecule has 0 radical (unpaired) electrons. The quantitative estimate of drug-likeness (QED) is 0.0183. The number of aromatic nitrogens is 12. The Morgan fingerprint density at radius 1 is 0.281 bits per heavy atom. The molecule has 0 aromatic carbocycles. The number of ether oxygens (including phenoxy) is 2. The van der Waals surface area contributed by atoms with Crippen LogP contribution in [0.5, 0.6) is 0 Å². The summed E-state index contributed by atoms with van der Waals surface area (Å²) in [7, 11) is 8.69. The van der Waals surface area contributed by atoms with Crippen LogP contribution >= 0.6 is 0 Å². The average molecular weight is 1990 g/mol. The second kappa shape index (κ2) is 48.0. The molecule has 18 N–H and O–H groups in total. The molecule has 0 atom stereocenters. The first-order chi connectivity index (χ1) is 71.4. The zero-order valence-electron chi connectivity index (χ0n) is 83.9. The molecule has 0 saturated carbocycles. The third-order valence-corrected chi connectivity index (χ3v) is 27.4. The number of nitrogens with two attached hydrogens (primary N) is 3. The van der Waals surface area contributed by atoms with Gasteiger partial charge in [-0.3, -0.25) is 35.8 Å². The van der Waals surface area contributed by atoms with Gasteiger partial charge in [0, 0.05) is 220 Å². The van der Waals surface area contributed by atoms with E-state index in [0.29, 0.717) is 104 Å². The maximum Gasteiger partial charge on any atom is 0.178 e. The third-order valence-electron chi connectivity index (χ3n) is 27.4. The molecule has 768 valence electrons. The van der Waals surface area contributed by atoms with E-state index in [1.54, 1.807) is 22.7 Å². The molecule has 0 amide bonds. The summed E-state index contributed by atoms with van der Waals surface area (Å²) < 4.78 is 21.8. The Bertz CT molecular complexity index is 6850. The van der Waals surface area contributed by atoms with E-state index < -0.39 is 0 Å². The van der Waals surface area contributed by atoms with Gasteiger partial charge in [0.25, 0.3) is 0 Å². The Morgan fingerprint density at radius 3 is 0.788 bits per heavy atom. The summed E-state index contributed by atoms with van der Waals surface area (Å²) in [5.41, 5.74) is 30.0. The van der Waals surface area contributed by atoms with Crippen molar-refractivity contribution in [2.45, 2.75) is 25.7 Å². The summed E-state index contributed by atoms with van der Waals surface area (Å²) in [5.74, 6) is 6.02. The lowest BCUT2D eigenvalue weighted by molar-refractivity contribution is 0.0378. The van der Waals surface area contributed by atoms with Crippen molar-refractivity contribution in [1.82, 2.24) is 107 Å². The number of piperazine rings is 4. The van der Waals surface area contributed by atoms with Gasteiger partial charge in [-0.25, -0.2) is 57.0 Å². The fraction of sp³-hybridized carbons (Fsp3) is 0.436. The Kier molecular flexibility index (Phi) is 33.0. The molecule has 12 aromatic heterocycles. The molecule has 146 heavy (non-hydrogen) atoms. The smallest absolute Gasteiger partial charge is 0.178 e. The highest BCUT2D eigenvalue weighted by Crippen LogP contribution is 2.37. The summed E-state index contributed by atoms with van der Waals surface area (Å²) in [6.07, 6.45) is 20.1. The molecule has 0 spiro atoms. The molecule has 6 saturated heterocycles. The second-order valence-electron chi connectivity index (χ2n) is 38.0. The Hall–Kier alpha value is -14.5. The van der Waals surface area contributed by atoms with E-state index in [4.69, 9.17) is 103 Å². The van der Waals surface area contributed by atoms with Gasteiger partial charge in [-0.15, -0.1) is 30.6 Å². The number of pyridine rings is 6. The SMILES string of the molecule is CN1CCN(CCCNc2nn3ccccc3c2N=C2N=C(Nc3c(NCCCN4CCN(C)CC4)nn4ccccc34)C(=N)C=C2N)CC1.CN1CCN(CCNc2nn3ccccc3c2N=C2N=C(Nc3c(NCCN4CCN(C)CC4)nn4ccccc34)C(=N)C=C2N)CC1.N=C1C=C(N)C(=Nc2c(NCCCN3CCOCC3)nn3ccccc23)N=C1Nc1c(NCCCN2CCOCC2)nn2ccccc12. The second-order valence-corrected chi connectivity index (χ2v) is 38.0. The van der Waals surface area contributed by atoms with E-state index >= 15 is 0 Å². The van der Waals surface area contributed by atoms with Crippen molar-refractivity contribution in [3.8, 4) is 0 Å². The first-order valence-corrected chi connectivity index (χ1v) is 51.0. The Morgan fingerprint density at radius 2 is 0.507 bits per heavy atom. The first-order valence-electron chi connectivity index (χ1n) is 51.0. The van der Waals surface area contributed by atoms with Crippen LogP contribution in [0.2, 0.25) is 0 Å². The molecule has 0 unspecified atom stereocenters. The number of dihydropyridines is 3. The van der Waals surface area contributed by atoms with Gasteiger partial charge in [0.05, 0.1) is 93.8 Å². The van der Waals surface area contributed by atoms with Crippen molar-refractivity contribution >= 4 is 154 Å². The highest BCUT2D eigenvalue weighted by Gasteiger charge is 2.30. The maximum absolute atomic E-state index is 8.78. The number of anilines is 9. The largest absolute Gasteiger partial charge is 0.396 e. The Labute approximate surface area is 848 Å². The zero-order valence-corrected chi connectivity index (χ0v) is 83.9. The van der Waals surface area contributed by atoms with Gasteiger partial charge in [0.1, 0.15) is 34.1 Å². The van der Waals surface area contributed by atoms with E-state index in [2.05, 4.69) is 125 Å². The molecular weight excluding hydrogens is 1850 g/mol. The van der Waals surface area contributed by atoms with Gasteiger partial charge in [0.15, 0.2) is 69.9 Å². The predicted molar refractivity (Wildman–Crippen MR) is 585 cm³/mol. The molecule has 0 aliphatic carbocycles. The summed E-state index contributed by atoms with van der Waals surface area (Å²) in [6, 6.07) is 35.3. The fourth-order valence-electron chi connectivity index (χ4n) is 18.8. The van der Waals surface area contributed by atoms with Crippen LogP contribution in [0.15, 0.2) is 212 Å². The first kappa shape index (κ1) is 100. The highest BCUT2D eigenvalue weighted by atomic mass is 16.5. The molecule has 21 rings (SSSR count). The molecule has 6 fully saturated rings. The number of hydrogen-bond acceptors (Lipinski definition) is 36. The topological polar surface area (TPSA) is 487 Å². The number of nitrogens with one attached hydrogen (secondary N) is 12. The predicted octanol–water partition coefficient (Wildman–Crippen LogP) is 6.88.